The summed E-state index contributed by atoms with van der Waals surface area (Å²) in [6.07, 6.45) is 0.959. The number of halogens is 1. The van der Waals surface area contributed by atoms with Crippen LogP contribution in [-0.2, 0) is 26.2 Å². The molecule has 0 radical (unpaired) electrons. The summed E-state index contributed by atoms with van der Waals surface area (Å²) in [5.41, 5.74) is 4.74. The molecule has 0 spiro atoms. The average Bonchev–Trinajstić information content (AvgIpc) is 2.92. The zero-order chi connectivity index (χ0) is 25.2. The number of methoxy groups -OCH3 is 1. The van der Waals surface area contributed by atoms with Crippen molar-refractivity contribution in [3.05, 3.63) is 124 Å². The fourth-order valence-electron chi connectivity index (χ4n) is 3.89. The van der Waals surface area contributed by atoms with Gasteiger partial charge in [0.1, 0.15) is 19.0 Å². The molecule has 0 aliphatic carbocycles. The van der Waals surface area contributed by atoms with Gasteiger partial charge >= 0.3 is 0 Å². The van der Waals surface area contributed by atoms with Crippen LogP contribution in [0, 0.1) is 0 Å². The van der Waals surface area contributed by atoms with Gasteiger partial charge < -0.3 is 19.1 Å². The lowest BCUT2D eigenvalue weighted by Crippen LogP contribution is -2.21. The molecule has 0 atom stereocenters. The zero-order valence-electron chi connectivity index (χ0n) is 20.8. The van der Waals surface area contributed by atoms with Gasteiger partial charge in [-0.2, -0.15) is 0 Å². The Kier molecular flexibility index (Phi) is 9.42. The molecule has 4 aromatic carbocycles. The highest BCUT2D eigenvalue weighted by molar-refractivity contribution is 9.10. The van der Waals surface area contributed by atoms with Gasteiger partial charge in [0.25, 0.3) is 0 Å². The number of likely N-dealkylation sites (N-methyl/N-ethyl adjacent to an activating group) is 1. The molecule has 0 saturated carbocycles. The lowest BCUT2D eigenvalue weighted by Gasteiger charge is -2.20. The molecule has 4 nitrogen and oxygen atoms in total. The van der Waals surface area contributed by atoms with E-state index in [2.05, 4.69) is 82.5 Å². The van der Waals surface area contributed by atoms with Crippen LogP contribution in [0.1, 0.15) is 22.3 Å². The number of benzene rings is 4. The van der Waals surface area contributed by atoms with Crippen molar-refractivity contribution in [1.82, 2.24) is 4.90 Å². The second-order valence-electron chi connectivity index (χ2n) is 8.77. The monoisotopic (exact) mass is 545 g/mol. The van der Waals surface area contributed by atoms with Gasteiger partial charge in [0.2, 0.25) is 0 Å². The summed E-state index contributed by atoms with van der Waals surface area (Å²) < 4.78 is 18.6. The summed E-state index contributed by atoms with van der Waals surface area (Å²) in [5, 5.41) is 0. The number of rotatable bonds is 12. The predicted octanol–water partition coefficient (Wildman–Crippen LogP) is 7.29. The van der Waals surface area contributed by atoms with Gasteiger partial charge in [-0.1, -0.05) is 88.7 Å². The Morgan fingerprint density at radius 3 is 1.92 bits per heavy atom. The van der Waals surface area contributed by atoms with Crippen molar-refractivity contribution >= 4 is 15.9 Å². The molecule has 0 fully saturated rings. The van der Waals surface area contributed by atoms with Crippen molar-refractivity contribution in [2.75, 3.05) is 20.7 Å². The molecule has 0 unspecified atom stereocenters. The minimum Gasteiger partial charge on any atom is -0.493 e. The highest BCUT2D eigenvalue weighted by Gasteiger charge is 2.13. The SMILES string of the molecule is COc1cc(Br)c(CN(C)CCc2ccc(OCc3ccccc3)cc2)cc1OCc1ccccc1. The van der Waals surface area contributed by atoms with Gasteiger partial charge in [0.05, 0.1) is 7.11 Å². The number of ether oxygens (including phenoxy) is 3. The summed E-state index contributed by atoms with van der Waals surface area (Å²) in [6.45, 7) is 2.81. The molecule has 5 heteroatoms. The molecule has 0 amide bonds. The van der Waals surface area contributed by atoms with E-state index in [0.717, 1.165) is 52.4 Å². The molecular formula is C31H32BrNO3. The number of hydrogen-bond acceptors (Lipinski definition) is 4. The summed E-state index contributed by atoms with van der Waals surface area (Å²) in [6, 6.07) is 32.8. The molecule has 36 heavy (non-hydrogen) atoms. The van der Waals surface area contributed by atoms with Crippen LogP contribution in [0.25, 0.3) is 0 Å². The molecule has 4 aromatic rings. The Hall–Kier alpha value is -3.28. The Balaban J connectivity index is 1.30. The Morgan fingerprint density at radius 1 is 0.694 bits per heavy atom. The van der Waals surface area contributed by atoms with Crippen LogP contribution < -0.4 is 14.2 Å². The van der Waals surface area contributed by atoms with Crippen molar-refractivity contribution in [2.45, 2.75) is 26.2 Å². The molecule has 0 bridgehead atoms. The van der Waals surface area contributed by atoms with E-state index >= 15 is 0 Å². The molecule has 0 aromatic heterocycles. The summed E-state index contributed by atoms with van der Waals surface area (Å²) in [5.74, 6) is 2.36. The van der Waals surface area contributed by atoms with Crippen molar-refractivity contribution in [3.63, 3.8) is 0 Å². The van der Waals surface area contributed by atoms with E-state index in [1.807, 2.05) is 42.5 Å². The summed E-state index contributed by atoms with van der Waals surface area (Å²) in [4.78, 5) is 2.31. The molecule has 0 aliphatic rings. The Bertz CT molecular complexity index is 1210. The van der Waals surface area contributed by atoms with Gasteiger partial charge in [-0.05, 0) is 60.0 Å². The molecule has 186 valence electrons. The zero-order valence-corrected chi connectivity index (χ0v) is 22.4. The molecule has 4 rings (SSSR count). The standard InChI is InChI=1S/C31H32BrNO3/c1-33(18-17-24-13-15-28(16-14-24)35-22-25-9-5-3-6-10-25)21-27-19-31(30(34-2)20-29(27)32)36-23-26-11-7-4-8-12-26/h3-16,19-20H,17-18,21-23H2,1-2H3. The third kappa shape index (κ3) is 7.61. The molecule has 0 heterocycles. The van der Waals surface area contributed by atoms with Crippen LogP contribution in [-0.4, -0.2) is 25.6 Å². The Labute approximate surface area is 222 Å². The van der Waals surface area contributed by atoms with E-state index < -0.39 is 0 Å². The quantitative estimate of drug-likeness (QED) is 0.187. The van der Waals surface area contributed by atoms with E-state index in [0.29, 0.717) is 13.2 Å². The van der Waals surface area contributed by atoms with Gasteiger partial charge in [0.15, 0.2) is 11.5 Å². The van der Waals surface area contributed by atoms with Crippen LogP contribution in [0.5, 0.6) is 17.2 Å². The smallest absolute Gasteiger partial charge is 0.162 e. The largest absolute Gasteiger partial charge is 0.493 e. The molecule has 0 aliphatic heterocycles. The first-order valence-corrected chi connectivity index (χ1v) is 12.9. The highest BCUT2D eigenvalue weighted by atomic mass is 79.9. The minimum absolute atomic E-state index is 0.499. The normalized spacial score (nSPS) is 10.9. The van der Waals surface area contributed by atoms with E-state index in [1.54, 1.807) is 7.11 Å². The Morgan fingerprint density at radius 2 is 1.31 bits per heavy atom. The van der Waals surface area contributed by atoms with Crippen LogP contribution in [0.2, 0.25) is 0 Å². The van der Waals surface area contributed by atoms with Crippen molar-refractivity contribution in [1.29, 1.82) is 0 Å². The van der Waals surface area contributed by atoms with E-state index in [9.17, 15) is 0 Å². The van der Waals surface area contributed by atoms with Crippen LogP contribution >= 0.6 is 15.9 Å². The maximum Gasteiger partial charge on any atom is 0.162 e. The van der Waals surface area contributed by atoms with E-state index in [4.69, 9.17) is 14.2 Å². The second kappa shape index (κ2) is 13.1. The van der Waals surface area contributed by atoms with Crippen LogP contribution in [0.3, 0.4) is 0 Å². The van der Waals surface area contributed by atoms with Crippen molar-refractivity contribution in [2.24, 2.45) is 0 Å². The lowest BCUT2D eigenvalue weighted by atomic mass is 10.1. The lowest BCUT2D eigenvalue weighted by molar-refractivity contribution is 0.282. The fraction of sp³-hybridized carbons (Fsp3) is 0.226. The third-order valence-electron chi connectivity index (χ3n) is 5.96. The van der Waals surface area contributed by atoms with Gasteiger partial charge in [0, 0.05) is 17.6 Å². The first-order chi connectivity index (χ1) is 17.6. The molecule has 0 N–H and O–H groups in total. The molecular weight excluding hydrogens is 514 g/mol. The van der Waals surface area contributed by atoms with E-state index in [-0.39, 0.29) is 0 Å². The second-order valence-corrected chi connectivity index (χ2v) is 9.63. The molecule has 0 saturated heterocycles. The third-order valence-corrected chi connectivity index (χ3v) is 6.70. The first kappa shape index (κ1) is 25.8. The predicted molar refractivity (Wildman–Crippen MR) is 149 cm³/mol. The maximum absolute atomic E-state index is 6.10. The van der Waals surface area contributed by atoms with E-state index in [1.165, 1.54) is 11.1 Å². The fourth-order valence-corrected chi connectivity index (χ4v) is 4.34. The number of hydrogen-bond donors (Lipinski definition) is 0. The average molecular weight is 547 g/mol. The highest BCUT2D eigenvalue weighted by Crippen LogP contribution is 2.34. The van der Waals surface area contributed by atoms with Gasteiger partial charge in [-0.3, -0.25) is 0 Å². The number of nitrogens with zero attached hydrogens (tertiary/aromatic N) is 1. The topological polar surface area (TPSA) is 30.9 Å². The first-order valence-electron chi connectivity index (χ1n) is 12.1. The summed E-state index contributed by atoms with van der Waals surface area (Å²) in [7, 11) is 3.81. The van der Waals surface area contributed by atoms with Crippen LogP contribution in [0.15, 0.2) is 102 Å². The maximum atomic E-state index is 6.10. The minimum atomic E-state index is 0.499. The van der Waals surface area contributed by atoms with Gasteiger partial charge in [-0.25, -0.2) is 0 Å². The van der Waals surface area contributed by atoms with Crippen molar-refractivity contribution < 1.29 is 14.2 Å². The van der Waals surface area contributed by atoms with Crippen molar-refractivity contribution in [3.8, 4) is 17.2 Å². The van der Waals surface area contributed by atoms with Crippen LogP contribution in [0.4, 0.5) is 0 Å². The van der Waals surface area contributed by atoms with Gasteiger partial charge in [-0.15, -0.1) is 0 Å². The summed E-state index contributed by atoms with van der Waals surface area (Å²) >= 11 is 3.71.